The van der Waals surface area contributed by atoms with Gasteiger partial charge in [0.15, 0.2) is 0 Å². The number of nitrogens with zero attached hydrogens (tertiary/aromatic N) is 1. The minimum atomic E-state index is 0.0837. The molecule has 0 atom stereocenters. The van der Waals surface area contributed by atoms with Gasteiger partial charge < -0.3 is 10.6 Å². The van der Waals surface area contributed by atoms with Crippen molar-refractivity contribution in [3.63, 3.8) is 0 Å². The zero-order valence-corrected chi connectivity index (χ0v) is 10.2. The van der Waals surface area contributed by atoms with Crippen LogP contribution in [0.5, 0.6) is 0 Å². The van der Waals surface area contributed by atoms with Gasteiger partial charge in [0.1, 0.15) is 0 Å². The second kappa shape index (κ2) is 5.27. The van der Waals surface area contributed by atoms with Crippen molar-refractivity contribution in [1.82, 2.24) is 15.6 Å². The summed E-state index contributed by atoms with van der Waals surface area (Å²) < 4.78 is 0. The van der Waals surface area contributed by atoms with Crippen LogP contribution in [-0.2, 0) is 11.2 Å². The van der Waals surface area contributed by atoms with Crippen LogP contribution in [0, 0.1) is 5.41 Å². The number of nitrogens with one attached hydrogen (secondary N) is 2. The van der Waals surface area contributed by atoms with Crippen molar-refractivity contribution in [2.75, 3.05) is 20.1 Å². The molecule has 4 heteroatoms. The van der Waals surface area contributed by atoms with Crippen molar-refractivity contribution < 1.29 is 4.79 Å². The summed E-state index contributed by atoms with van der Waals surface area (Å²) in [6, 6.07) is 3.78. The van der Waals surface area contributed by atoms with E-state index in [0.717, 1.165) is 18.7 Å². The topological polar surface area (TPSA) is 54.0 Å². The van der Waals surface area contributed by atoms with E-state index >= 15 is 0 Å². The lowest BCUT2D eigenvalue weighted by Gasteiger charge is -2.15. The molecule has 0 unspecified atom stereocenters. The van der Waals surface area contributed by atoms with Crippen LogP contribution in [0.1, 0.15) is 18.4 Å². The van der Waals surface area contributed by atoms with E-state index < -0.39 is 0 Å². The van der Waals surface area contributed by atoms with Crippen LogP contribution in [0.15, 0.2) is 24.5 Å². The first-order valence-electron chi connectivity index (χ1n) is 6.04. The monoisotopic (exact) mass is 233 g/mol. The van der Waals surface area contributed by atoms with Crippen molar-refractivity contribution >= 4 is 5.91 Å². The number of hydrogen-bond donors (Lipinski definition) is 2. The van der Waals surface area contributed by atoms with E-state index in [9.17, 15) is 4.79 Å². The third-order valence-electron chi connectivity index (χ3n) is 3.26. The van der Waals surface area contributed by atoms with Crippen LogP contribution in [0.4, 0.5) is 0 Å². The van der Waals surface area contributed by atoms with Crippen LogP contribution >= 0.6 is 0 Å². The highest BCUT2D eigenvalue weighted by molar-refractivity contribution is 5.78. The Morgan fingerprint density at radius 2 is 2.29 bits per heavy atom. The first-order chi connectivity index (χ1) is 8.24. The summed E-state index contributed by atoms with van der Waals surface area (Å²) in [4.78, 5) is 15.7. The van der Waals surface area contributed by atoms with Gasteiger partial charge in [-0.05, 0) is 31.5 Å². The molecule has 4 nitrogen and oxygen atoms in total. The van der Waals surface area contributed by atoms with E-state index in [0.29, 0.717) is 11.8 Å². The smallest absolute Gasteiger partial charge is 0.224 e. The van der Waals surface area contributed by atoms with E-state index in [2.05, 4.69) is 15.6 Å². The van der Waals surface area contributed by atoms with Gasteiger partial charge >= 0.3 is 0 Å². The molecule has 0 saturated heterocycles. The molecule has 17 heavy (non-hydrogen) atoms. The molecule has 1 aliphatic rings. The summed E-state index contributed by atoms with van der Waals surface area (Å²) in [5.74, 6) is 0.0837. The second-order valence-electron chi connectivity index (χ2n) is 4.85. The second-order valence-corrected chi connectivity index (χ2v) is 4.85. The molecule has 1 aromatic heterocycles. The fourth-order valence-corrected chi connectivity index (χ4v) is 2.00. The van der Waals surface area contributed by atoms with Crippen molar-refractivity contribution in [2.24, 2.45) is 5.41 Å². The lowest BCUT2D eigenvalue weighted by molar-refractivity contribution is -0.120. The summed E-state index contributed by atoms with van der Waals surface area (Å²) in [6.07, 6.45) is 6.29. The molecule has 2 N–H and O–H groups in total. The van der Waals surface area contributed by atoms with E-state index in [1.54, 1.807) is 12.4 Å². The van der Waals surface area contributed by atoms with Gasteiger partial charge in [-0.1, -0.05) is 6.07 Å². The Labute approximate surface area is 102 Å². The van der Waals surface area contributed by atoms with Gasteiger partial charge in [-0.25, -0.2) is 0 Å². The predicted molar refractivity (Wildman–Crippen MR) is 66.5 cm³/mol. The highest BCUT2D eigenvalue weighted by Crippen LogP contribution is 2.44. The Bertz CT molecular complexity index is 374. The molecule has 0 spiro atoms. The van der Waals surface area contributed by atoms with Gasteiger partial charge in [-0.2, -0.15) is 0 Å². The summed E-state index contributed by atoms with van der Waals surface area (Å²) in [7, 11) is 1.96. The minimum Gasteiger partial charge on any atom is -0.355 e. The molecule has 2 rings (SSSR count). The number of carbonyl (C=O) groups is 1. The maximum Gasteiger partial charge on any atom is 0.224 e. The summed E-state index contributed by atoms with van der Waals surface area (Å²) in [5.41, 5.74) is 1.28. The lowest BCUT2D eigenvalue weighted by Crippen LogP contribution is -2.35. The number of aromatic nitrogens is 1. The Kier molecular flexibility index (Phi) is 3.74. The molecule has 0 bridgehead atoms. The number of hydrogen-bond acceptors (Lipinski definition) is 3. The van der Waals surface area contributed by atoms with Crippen LogP contribution < -0.4 is 10.6 Å². The van der Waals surface area contributed by atoms with Crippen LogP contribution in [0.2, 0.25) is 0 Å². The SMILES string of the molecule is CNCC1(CNC(=O)Cc2cccnc2)CC1. The molecular formula is C13H19N3O. The van der Waals surface area contributed by atoms with Gasteiger partial charge in [-0.3, -0.25) is 9.78 Å². The molecule has 1 aromatic rings. The van der Waals surface area contributed by atoms with E-state index in [1.807, 2.05) is 19.2 Å². The van der Waals surface area contributed by atoms with Crippen molar-refractivity contribution in [3.8, 4) is 0 Å². The molecule has 0 radical (unpaired) electrons. The molecule has 1 aliphatic carbocycles. The minimum absolute atomic E-state index is 0.0837. The summed E-state index contributed by atoms with van der Waals surface area (Å²) in [6.45, 7) is 1.77. The molecule has 1 amide bonds. The first kappa shape index (κ1) is 12.0. The van der Waals surface area contributed by atoms with Gasteiger partial charge in [0.25, 0.3) is 0 Å². The predicted octanol–water partition coefficient (Wildman–Crippen LogP) is 0.740. The standard InChI is InChI=1S/C13H19N3O/c1-14-9-13(4-5-13)10-16-12(17)7-11-3-2-6-15-8-11/h2-3,6,8,14H,4-5,7,9-10H2,1H3,(H,16,17). The Hall–Kier alpha value is -1.42. The van der Waals surface area contributed by atoms with Crippen molar-refractivity contribution in [2.45, 2.75) is 19.3 Å². The van der Waals surface area contributed by atoms with E-state index in [-0.39, 0.29) is 5.91 Å². The normalized spacial score (nSPS) is 16.5. The Balaban J connectivity index is 1.75. The maximum atomic E-state index is 11.7. The highest BCUT2D eigenvalue weighted by atomic mass is 16.1. The fraction of sp³-hybridized carbons (Fsp3) is 0.538. The van der Waals surface area contributed by atoms with Gasteiger partial charge in [0.2, 0.25) is 5.91 Å². The maximum absolute atomic E-state index is 11.7. The molecule has 1 heterocycles. The molecular weight excluding hydrogens is 214 g/mol. The third kappa shape index (κ3) is 3.53. The number of carbonyl (C=O) groups excluding carboxylic acids is 1. The quantitative estimate of drug-likeness (QED) is 0.762. The largest absolute Gasteiger partial charge is 0.355 e. The third-order valence-corrected chi connectivity index (χ3v) is 3.26. The van der Waals surface area contributed by atoms with Crippen molar-refractivity contribution in [3.05, 3.63) is 30.1 Å². The van der Waals surface area contributed by atoms with E-state index in [1.165, 1.54) is 12.8 Å². The van der Waals surface area contributed by atoms with Crippen LogP contribution in [-0.4, -0.2) is 31.0 Å². The average Bonchev–Trinajstić information content (AvgIpc) is 3.09. The molecule has 0 aliphatic heterocycles. The summed E-state index contributed by atoms with van der Waals surface area (Å²) >= 11 is 0. The van der Waals surface area contributed by atoms with Gasteiger partial charge in [-0.15, -0.1) is 0 Å². The number of pyridine rings is 1. The Morgan fingerprint density at radius 1 is 1.47 bits per heavy atom. The van der Waals surface area contributed by atoms with Crippen molar-refractivity contribution in [1.29, 1.82) is 0 Å². The molecule has 92 valence electrons. The molecule has 1 saturated carbocycles. The lowest BCUT2D eigenvalue weighted by atomic mass is 10.1. The average molecular weight is 233 g/mol. The highest BCUT2D eigenvalue weighted by Gasteiger charge is 2.41. The number of rotatable bonds is 6. The van der Waals surface area contributed by atoms with Gasteiger partial charge in [0, 0.05) is 30.9 Å². The molecule has 0 aromatic carbocycles. The zero-order chi connectivity index (χ0) is 12.1. The molecule has 1 fully saturated rings. The zero-order valence-electron chi connectivity index (χ0n) is 10.2. The number of amides is 1. The Morgan fingerprint density at radius 3 is 2.88 bits per heavy atom. The fourth-order valence-electron chi connectivity index (χ4n) is 2.00. The van der Waals surface area contributed by atoms with Gasteiger partial charge in [0.05, 0.1) is 6.42 Å². The summed E-state index contributed by atoms with van der Waals surface area (Å²) in [5, 5.41) is 6.19. The van der Waals surface area contributed by atoms with E-state index in [4.69, 9.17) is 0 Å². The van der Waals surface area contributed by atoms with Crippen LogP contribution in [0.25, 0.3) is 0 Å². The first-order valence-corrected chi connectivity index (χ1v) is 6.04. The van der Waals surface area contributed by atoms with Crippen LogP contribution in [0.3, 0.4) is 0 Å².